The molecule has 0 radical (unpaired) electrons. The van der Waals surface area contributed by atoms with Gasteiger partial charge in [0.1, 0.15) is 5.01 Å². The van der Waals surface area contributed by atoms with Crippen molar-refractivity contribution in [1.29, 1.82) is 0 Å². The lowest BCUT2D eigenvalue weighted by molar-refractivity contribution is 0.383. The fourth-order valence-corrected chi connectivity index (χ4v) is 2.43. The summed E-state index contributed by atoms with van der Waals surface area (Å²) < 4.78 is 1.68. The SMILES string of the molecule is Cc1cnc(CNc2nccn(C(C)(C)C)c2=O)s1. The van der Waals surface area contributed by atoms with Gasteiger partial charge in [0.05, 0.1) is 6.54 Å². The van der Waals surface area contributed by atoms with Crippen LogP contribution in [0.15, 0.2) is 23.4 Å². The van der Waals surface area contributed by atoms with Crippen LogP contribution in [0.25, 0.3) is 0 Å². The van der Waals surface area contributed by atoms with Crippen LogP contribution in [0.3, 0.4) is 0 Å². The summed E-state index contributed by atoms with van der Waals surface area (Å²) in [6.07, 6.45) is 5.18. The Hall–Kier alpha value is -1.69. The largest absolute Gasteiger partial charge is 0.359 e. The van der Waals surface area contributed by atoms with Gasteiger partial charge in [-0.15, -0.1) is 11.3 Å². The van der Waals surface area contributed by atoms with Crippen molar-refractivity contribution in [2.24, 2.45) is 0 Å². The summed E-state index contributed by atoms with van der Waals surface area (Å²) in [5.74, 6) is 0.366. The molecule has 2 rings (SSSR count). The molecule has 1 N–H and O–H groups in total. The third kappa shape index (κ3) is 3.20. The van der Waals surface area contributed by atoms with Crippen LogP contribution in [0.2, 0.25) is 0 Å². The van der Waals surface area contributed by atoms with Crippen molar-refractivity contribution in [3.8, 4) is 0 Å². The van der Waals surface area contributed by atoms with E-state index in [0.29, 0.717) is 12.4 Å². The summed E-state index contributed by atoms with van der Waals surface area (Å²) in [5, 5.41) is 4.01. The maximum atomic E-state index is 12.3. The van der Waals surface area contributed by atoms with Crippen LogP contribution in [0.1, 0.15) is 30.7 Å². The van der Waals surface area contributed by atoms with E-state index in [-0.39, 0.29) is 11.1 Å². The normalized spacial score (nSPS) is 11.6. The van der Waals surface area contributed by atoms with Gasteiger partial charge in [-0.2, -0.15) is 0 Å². The number of hydrogen-bond acceptors (Lipinski definition) is 5. The maximum Gasteiger partial charge on any atom is 0.293 e. The second-order valence-electron chi connectivity index (χ2n) is 5.34. The minimum Gasteiger partial charge on any atom is -0.359 e. The smallest absolute Gasteiger partial charge is 0.293 e. The van der Waals surface area contributed by atoms with E-state index in [2.05, 4.69) is 15.3 Å². The van der Waals surface area contributed by atoms with E-state index >= 15 is 0 Å². The molecule has 0 unspecified atom stereocenters. The molecule has 0 aliphatic carbocycles. The van der Waals surface area contributed by atoms with E-state index in [1.165, 1.54) is 0 Å². The van der Waals surface area contributed by atoms with Crippen molar-refractivity contribution in [3.05, 3.63) is 38.8 Å². The molecule has 0 aliphatic heterocycles. The molecule has 0 amide bonds. The van der Waals surface area contributed by atoms with E-state index < -0.39 is 0 Å². The summed E-state index contributed by atoms with van der Waals surface area (Å²) in [6, 6.07) is 0. The molecule has 2 aromatic rings. The molecule has 0 fully saturated rings. The van der Waals surface area contributed by atoms with Gasteiger partial charge in [-0.1, -0.05) is 0 Å². The Balaban J connectivity index is 2.20. The highest BCUT2D eigenvalue weighted by atomic mass is 32.1. The van der Waals surface area contributed by atoms with E-state index in [1.807, 2.05) is 33.9 Å². The predicted octanol–water partition coefficient (Wildman–Crippen LogP) is 2.38. The standard InChI is InChI=1S/C13H18N4OS/c1-9-7-15-10(19-9)8-16-11-12(18)17(6-5-14-11)13(2,3)4/h5-7H,8H2,1-4H3,(H,14,16). The first-order valence-corrected chi connectivity index (χ1v) is 6.93. The Bertz CT molecular complexity index is 624. The molecule has 0 saturated carbocycles. The fourth-order valence-electron chi connectivity index (χ4n) is 1.70. The third-order valence-electron chi connectivity index (χ3n) is 2.64. The zero-order valence-electron chi connectivity index (χ0n) is 11.6. The molecule has 2 heterocycles. The molecule has 102 valence electrons. The van der Waals surface area contributed by atoms with Crippen LogP contribution in [-0.4, -0.2) is 14.5 Å². The number of hydrogen-bond donors (Lipinski definition) is 1. The first-order valence-electron chi connectivity index (χ1n) is 6.11. The van der Waals surface area contributed by atoms with E-state index in [0.717, 1.165) is 9.88 Å². The van der Waals surface area contributed by atoms with Crippen LogP contribution in [0, 0.1) is 6.92 Å². The fraction of sp³-hybridized carbons (Fsp3) is 0.462. The number of nitrogens with zero attached hydrogens (tertiary/aromatic N) is 3. The van der Waals surface area contributed by atoms with Gasteiger partial charge >= 0.3 is 0 Å². The number of thiazole rings is 1. The first-order chi connectivity index (χ1) is 8.88. The molecule has 5 nitrogen and oxygen atoms in total. The van der Waals surface area contributed by atoms with Gasteiger partial charge in [0.25, 0.3) is 5.56 Å². The zero-order chi connectivity index (χ0) is 14.0. The summed E-state index contributed by atoms with van der Waals surface area (Å²) in [4.78, 5) is 21.8. The van der Waals surface area contributed by atoms with Crippen LogP contribution >= 0.6 is 11.3 Å². The molecule has 2 aromatic heterocycles. The van der Waals surface area contributed by atoms with Gasteiger partial charge in [0, 0.05) is 29.0 Å². The highest BCUT2D eigenvalue weighted by molar-refractivity contribution is 7.11. The van der Waals surface area contributed by atoms with Crippen molar-refractivity contribution in [1.82, 2.24) is 14.5 Å². The average Bonchev–Trinajstić information content (AvgIpc) is 2.72. The average molecular weight is 278 g/mol. The lowest BCUT2D eigenvalue weighted by Gasteiger charge is -2.22. The van der Waals surface area contributed by atoms with Gasteiger partial charge in [0.2, 0.25) is 0 Å². The maximum absolute atomic E-state index is 12.3. The van der Waals surface area contributed by atoms with Crippen molar-refractivity contribution in [2.75, 3.05) is 5.32 Å². The minimum absolute atomic E-state index is 0.108. The highest BCUT2D eigenvalue weighted by Crippen LogP contribution is 2.13. The Labute approximate surface area is 116 Å². The molecule has 0 spiro atoms. The number of anilines is 1. The van der Waals surface area contributed by atoms with Crippen LogP contribution < -0.4 is 10.9 Å². The number of nitrogens with one attached hydrogen (secondary N) is 1. The third-order valence-corrected chi connectivity index (χ3v) is 3.55. The Kier molecular flexibility index (Phi) is 3.71. The second kappa shape index (κ2) is 5.13. The summed E-state index contributed by atoms with van der Waals surface area (Å²) in [5.41, 5.74) is -0.364. The van der Waals surface area contributed by atoms with Crippen LogP contribution in [0.5, 0.6) is 0 Å². The van der Waals surface area contributed by atoms with Crippen molar-refractivity contribution >= 4 is 17.2 Å². The van der Waals surface area contributed by atoms with E-state index in [1.54, 1.807) is 28.3 Å². The Morgan fingerprint density at radius 3 is 2.68 bits per heavy atom. The minimum atomic E-state index is -0.256. The Morgan fingerprint density at radius 2 is 2.11 bits per heavy atom. The van der Waals surface area contributed by atoms with Gasteiger partial charge in [-0.05, 0) is 27.7 Å². The molecule has 0 atom stereocenters. The van der Waals surface area contributed by atoms with Gasteiger partial charge in [0.15, 0.2) is 5.82 Å². The summed E-state index contributed by atoms with van der Waals surface area (Å²) >= 11 is 1.61. The molecular weight excluding hydrogens is 260 g/mol. The summed E-state index contributed by atoms with van der Waals surface area (Å²) in [7, 11) is 0. The van der Waals surface area contributed by atoms with Crippen LogP contribution in [0.4, 0.5) is 5.82 Å². The zero-order valence-corrected chi connectivity index (χ0v) is 12.4. The van der Waals surface area contributed by atoms with Crippen molar-refractivity contribution in [2.45, 2.75) is 39.8 Å². The van der Waals surface area contributed by atoms with E-state index in [4.69, 9.17) is 0 Å². The van der Waals surface area contributed by atoms with E-state index in [9.17, 15) is 4.79 Å². The van der Waals surface area contributed by atoms with Gasteiger partial charge < -0.3 is 9.88 Å². The molecular formula is C13H18N4OS. The monoisotopic (exact) mass is 278 g/mol. The van der Waals surface area contributed by atoms with Crippen LogP contribution in [-0.2, 0) is 12.1 Å². The molecule has 0 bridgehead atoms. The highest BCUT2D eigenvalue weighted by Gasteiger charge is 2.16. The summed E-state index contributed by atoms with van der Waals surface area (Å²) in [6.45, 7) is 8.50. The molecule has 0 aliphatic rings. The number of aromatic nitrogens is 3. The lowest BCUT2D eigenvalue weighted by Crippen LogP contribution is -2.35. The van der Waals surface area contributed by atoms with Gasteiger partial charge in [-0.25, -0.2) is 9.97 Å². The molecule has 0 aromatic carbocycles. The van der Waals surface area contributed by atoms with Crippen molar-refractivity contribution < 1.29 is 0 Å². The first kappa shape index (κ1) is 13.7. The number of aryl methyl sites for hydroxylation is 1. The second-order valence-corrected chi connectivity index (χ2v) is 6.66. The quantitative estimate of drug-likeness (QED) is 0.936. The molecule has 0 saturated heterocycles. The Morgan fingerprint density at radius 1 is 1.37 bits per heavy atom. The topological polar surface area (TPSA) is 59.8 Å². The number of rotatable bonds is 3. The van der Waals surface area contributed by atoms with Gasteiger partial charge in [-0.3, -0.25) is 4.79 Å². The lowest BCUT2D eigenvalue weighted by atomic mass is 10.1. The molecule has 6 heteroatoms. The van der Waals surface area contributed by atoms with Crippen molar-refractivity contribution in [3.63, 3.8) is 0 Å². The predicted molar refractivity (Wildman–Crippen MR) is 77.7 cm³/mol. The molecule has 19 heavy (non-hydrogen) atoms.